The highest BCUT2D eigenvalue weighted by Crippen LogP contribution is 2.31. The van der Waals surface area contributed by atoms with Gasteiger partial charge in [-0.15, -0.1) is 12.4 Å². The van der Waals surface area contributed by atoms with Crippen LogP contribution in [0.15, 0.2) is 18.2 Å². The minimum absolute atomic E-state index is 0. The quantitative estimate of drug-likeness (QED) is 0.834. The molecule has 0 aliphatic carbocycles. The van der Waals surface area contributed by atoms with E-state index in [0.29, 0.717) is 29.5 Å². The highest BCUT2D eigenvalue weighted by molar-refractivity contribution is 5.97. The van der Waals surface area contributed by atoms with E-state index in [9.17, 15) is 4.79 Å². The van der Waals surface area contributed by atoms with E-state index in [1.807, 2.05) is 0 Å². The van der Waals surface area contributed by atoms with Gasteiger partial charge in [0, 0.05) is 19.6 Å². The van der Waals surface area contributed by atoms with Crippen molar-refractivity contribution in [3.8, 4) is 11.5 Å². The molecule has 0 aliphatic heterocycles. The van der Waals surface area contributed by atoms with Gasteiger partial charge in [0.15, 0.2) is 11.5 Å². The van der Waals surface area contributed by atoms with Crippen LogP contribution in [-0.2, 0) is 0 Å². The second kappa shape index (κ2) is 9.54. The molecule has 0 heterocycles. The molecule has 6 heteroatoms. The SMILES string of the molecule is COc1cccc(C(=O)N(C)CCC(N)C(C)C)c1OC.Cl. The van der Waals surface area contributed by atoms with E-state index in [0.717, 1.165) is 6.42 Å². The monoisotopic (exact) mass is 330 g/mol. The molecule has 1 atom stereocenters. The first-order valence-corrected chi connectivity index (χ1v) is 7.14. The van der Waals surface area contributed by atoms with Gasteiger partial charge in [-0.2, -0.15) is 0 Å². The number of hydrogen-bond donors (Lipinski definition) is 1. The predicted octanol–water partition coefficient (Wildman–Crippen LogP) is 2.57. The minimum Gasteiger partial charge on any atom is -0.493 e. The molecule has 1 aromatic carbocycles. The maximum Gasteiger partial charge on any atom is 0.257 e. The first kappa shape index (κ1) is 20.5. The van der Waals surface area contributed by atoms with E-state index in [4.69, 9.17) is 15.2 Å². The second-order valence-corrected chi connectivity index (χ2v) is 5.46. The Bertz CT molecular complexity index is 480. The molecule has 0 bridgehead atoms. The molecule has 1 unspecified atom stereocenters. The van der Waals surface area contributed by atoms with Gasteiger partial charge in [-0.25, -0.2) is 0 Å². The lowest BCUT2D eigenvalue weighted by molar-refractivity contribution is 0.0785. The molecule has 1 amide bonds. The summed E-state index contributed by atoms with van der Waals surface area (Å²) in [6, 6.07) is 5.38. The number of carbonyl (C=O) groups excluding carboxylic acids is 1. The molecule has 0 saturated heterocycles. The standard InChI is InChI=1S/C16H26N2O3.ClH/c1-11(2)13(17)9-10-18(3)16(19)12-7-6-8-14(20-4)15(12)21-5;/h6-8,11,13H,9-10,17H2,1-5H3;1H. The zero-order chi connectivity index (χ0) is 16.0. The number of hydrogen-bond acceptors (Lipinski definition) is 4. The number of nitrogens with zero attached hydrogens (tertiary/aromatic N) is 1. The van der Waals surface area contributed by atoms with Crippen LogP contribution >= 0.6 is 12.4 Å². The molecular formula is C16H27ClN2O3. The Labute approximate surface area is 139 Å². The van der Waals surface area contributed by atoms with Crippen LogP contribution in [0.4, 0.5) is 0 Å². The topological polar surface area (TPSA) is 64.8 Å². The van der Waals surface area contributed by atoms with Crippen molar-refractivity contribution >= 4 is 18.3 Å². The molecule has 0 aromatic heterocycles. The lowest BCUT2D eigenvalue weighted by Crippen LogP contribution is -2.34. The van der Waals surface area contributed by atoms with Gasteiger partial charge in [0.1, 0.15) is 0 Å². The lowest BCUT2D eigenvalue weighted by Gasteiger charge is -2.22. The second-order valence-electron chi connectivity index (χ2n) is 5.46. The molecule has 1 aromatic rings. The van der Waals surface area contributed by atoms with E-state index in [1.54, 1.807) is 37.3 Å². The molecule has 5 nitrogen and oxygen atoms in total. The molecule has 0 saturated carbocycles. The van der Waals surface area contributed by atoms with Crippen LogP contribution in [0.1, 0.15) is 30.6 Å². The average molecular weight is 331 g/mol. The number of amides is 1. The number of carbonyl (C=O) groups is 1. The number of ether oxygens (including phenoxy) is 2. The van der Waals surface area contributed by atoms with Gasteiger partial charge in [0.05, 0.1) is 19.8 Å². The normalized spacial score (nSPS) is 11.6. The lowest BCUT2D eigenvalue weighted by atomic mass is 10.0. The highest BCUT2D eigenvalue weighted by Gasteiger charge is 2.20. The number of rotatable bonds is 7. The molecule has 22 heavy (non-hydrogen) atoms. The molecular weight excluding hydrogens is 304 g/mol. The third-order valence-corrected chi connectivity index (χ3v) is 3.63. The number of halogens is 1. The van der Waals surface area contributed by atoms with Gasteiger partial charge in [-0.05, 0) is 24.5 Å². The van der Waals surface area contributed by atoms with Crippen LogP contribution < -0.4 is 15.2 Å². The molecule has 1 rings (SSSR count). The molecule has 2 N–H and O–H groups in total. The summed E-state index contributed by atoms with van der Waals surface area (Å²) >= 11 is 0. The Morgan fingerprint density at radius 3 is 2.41 bits per heavy atom. The summed E-state index contributed by atoms with van der Waals surface area (Å²) in [4.78, 5) is 14.2. The maximum absolute atomic E-state index is 12.5. The van der Waals surface area contributed by atoms with Crippen molar-refractivity contribution in [1.82, 2.24) is 4.90 Å². The maximum atomic E-state index is 12.5. The number of nitrogens with two attached hydrogens (primary N) is 1. The van der Waals surface area contributed by atoms with Crippen molar-refractivity contribution in [3.05, 3.63) is 23.8 Å². The summed E-state index contributed by atoms with van der Waals surface area (Å²) in [6.45, 7) is 4.77. The number of benzene rings is 1. The Morgan fingerprint density at radius 2 is 1.91 bits per heavy atom. The Morgan fingerprint density at radius 1 is 1.27 bits per heavy atom. The summed E-state index contributed by atoms with van der Waals surface area (Å²) in [7, 11) is 4.86. The van der Waals surface area contributed by atoms with Gasteiger partial charge < -0.3 is 20.1 Å². The summed E-state index contributed by atoms with van der Waals surface area (Å²) in [5, 5.41) is 0. The molecule has 0 fully saturated rings. The van der Waals surface area contributed by atoms with E-state index in [1.165, 1.54) is 7.11 Å². The smallest absolute Gasteiger partial charge is 0.257 e. The summed E-state index contributed by atoms with van der Waals surface area (Å²) < 4.78 is 10.5. The molecule has 126 valence electrons. The van der Waals surface area contributed by atoms with Crippen molar-refractivity contribution in [2.75, 3.05) is 27.8 Å². The van der Waals surface area contributed by atoms with Crippen LogP contribution in [0.2, 0.25) is 0 Å². The summed E-state index contributed by atoms with van der Waals surface area (Å²) in [5.41, 5.74) is 6.52. The van der Waals surface area contributed by atoms with Crippen molar-refractivity contribution < 1.29 is 14.3 Å². The first-order valence-electron chi connectivity index (χ1n) is 7.14. The van der Waals surface area contributed by atoms with E-state index < -0.39 is 0 Å². The van der Waals surface area contributed by atoms with Crippen molar-refractivity contribution in [1.29, 1.82) is 0 Å². The van der Waals surface area contributed by atoms with Gasteiger partial charge >= 0.3 is 0 Å². The summed E-state index contributed by atoms with van der Waals surface area (Å²) in [5.74, 6) is 1.32. The van der Waals surface area contributed by atoms with Gasteiger partial charge in [-0.3, -0.25) is 4.79 Å². The number of methoxy groups -OCH3 is 2. The Balaban J connectivity index is 0.00000441. The first-order chi connectivity index (χ1) is 9.92. The molecule has 0 aliphatic rings. The Kier molecular flexibility index (Phi) is 8.90. The highest BCUT2D eigenvalue weighted by atomic mass is 35.5. The fourth-order valence-electron chi connectivity index (χ4n) is 2.04. The number of para-hydroxylation sites is 1. The van der Waals surface area contributed by atoms with Crippen LogP contribution in [0.25, 0.3) is 0 Å². The minimum atomic E-state index is -0.0956. The van der Waals surface area contributed by atoms with E-state index in [-0.39, 0.29) is 24.4 Å². The zero-order valence-electron chi connectivity index (χ0n) is 14.0. The fourth-order valence-corrected chi connectivity index (χ4v) is 2.04. The molecule has 0 radical (unpaired) electrons. The van der Waals surface area contributed by atoms with Crippen molar-refractivity contribution in [3.63, 3.8) is 0 Å². The van der Waals surface area contributed by atoms with Gasteiger partial charge in [0.2, 0.25) is 0 Å². The van der Waals surface area contributed by atoms with Gasteiger partial charge in [-0.1, -0.05) is 19.9 Å². The van der Waals surface area contributed by atoms with Crippen molar-refractivity contribution in [2.24, 2.45) is 11.7 Å². The van der Waals surface area contributed by atoms with Crippen LogP contribution in [0.3, 0.4) is 0 Å². The van der Waals surface area contributed by atoms with Crippen LogP contribution in [0.5, 0.6) is 11.5 Å². The Hall–Kier alpha value is -1.46. The summed E-state index contributed by atoms with van der Waals surface area (Å²) in [6.07, 6.45) is 0.770. The van der Waals surface area contributed by atoms with E-state index in [2.05, 4.69) is 13.8 Å². The average Bonchev–Trinajstić information content (AvgIpc) is 2.50. The fraction of sp³-hybridized carbons (Fsp3) is 0.562. The van der Waals surface area contributed by atoms with Crippen LogP contribution in [-0.4, -0.2) is 44.7 Å². The molecule has 0 spiro atoms. The predicted molar refractivity (Wildman–Crippen MR) is 91.2 cm³/mol. The zero-order valence-corrected chi connectivity index (χ0v) is 14.8. The third kappa shape index (κ3) is 5.07. The van der Waals surface area contributed by atoms with Crippen molar-refractivity contribution in [2.45, 2.75) is 26.3 Å². The van der Waals surface area contributed by atoms with Gasteiger partial charge in [0.25, 0.3) is 5.91 Å². The van der Waals surface area contributed by atoms with E-state index >= 15 is 0 Å². The largest absolute Gasteiger partial charge is 0.493 e. The third-order valence-electron chi connectivity index (χ3n) is 3.63. The van der Waals surface area contributed by atoms with Crippen LogP contribution in [0, 0.1) is 5.92 Å².